The summed E-state index contributed by atoms with van der Waals surface area (Å²) in [6.07, 6.45) is 0. The molecule has 0 aliphatic rings. The van der Waals surface area contributed by atoms with Gasteiger partial charge >= 0.3 is 0 Å². The van der Waals surface area contributed by atoms with Crippen molar-refractivity contribution >= 4 is 0 Å². The molecule has 8 heavy (non-hydrogen) atoms. The van der Waals surface area contributed by atoms with E-state index in [1.165, 1.54) is 0 Å². The zero-order chi connectivity index (χ0) is 5.70. The molecule has 0 saturated heterocycles. The molecule has 0 fully saturated rings. The summed E-state index contributed by atoms with van der Waals surface area (Å²) in [6.45, 7) is 12.3. The smallest absolute Gasteiger partial charge is 0 e. The van der Waals surface area contributed by atoms with E-state index < -0.39 is 0 Å². The Balaban J connectivity index is 0. The van der Waals surface area contributed by atoms with Gasteiger partial charge in [-0.2, -0.15) is 0 Å². The van der Waals surface area contributed by atoms with Crippen LogP contribution in [0.3, 0.4) is 0 Å². The van der Waals surface area contributed by atoms with Crippen molar-refractivity contribution in [3.8, 4) is 0 Å². The summed E-state index contributed by atoms with van der Waals surface area (Å²) in [6, 6.07) is 0. The Bertz CT molecular complexity index is 30.0. The Hall–Kier alpha value is 1.06. The van der Waals surface area contributed by atoms with Crippen LogP contribution in [0.2, 0.25) is 0 Å². The molecular formula is C6H13NY-2. The summed E-state index contributed by atoms with van der Waals surface area (Å²) in [4.78, 5) is 2.15. The summed E-state index contributed by atoms with van der Waals surface area (Å²) < 4.78 is 0. The number of nitrogens with zero attached hydrogens (tertiary/aromatic N) is 1. The van der Waals surface area contributed by atoms with Gasteiger partial charge < -0.3 is 18.7 Å². The van der Waals surface area contributed by atoms with Gasteiger partial charge in [-0.15, -0.1) is 13.1 Å². The number of hydrogen-bond acceptors (Lipinski definition) is 1. The average Bonchev–Trinajstić information content (AvgIpc) is 1.72. The Labute approximate surface area is 77.7 Å². The van der Waals surface area contributed by atoms with Crippen molar-refractivity contribution in [2.45, 2.75) is 6.92 Å². The second-order valence-electron chi connectivity index (χ2n) is 1.43. The van der Waals surface area contributed by atoms with Crippen LogP contribution in [-0.2, 0) is 32.7 Å². The van der Waals surface area contributed by atoms with Gasteiger partial charge in [-0.1, -0.05) is 6.92 Å². The molecule has 0 heterocycles. The molecule has 0 spiro atoms. The van der Waals surface area contributed by atoms with Crippen molar-refractivity contribution < 1.29 is 32.7 Å². The monoisotopic (exact) mass is 188 g/mol. The van der Waals surface area contributed by atoms with Gasteiger partial charge in [-0.25, -0.2) is 0 Å². The van der Waals surface area contributed by atoms with E-state index in [9.17, 15) is 0 Å². The van der Waals surface area contributed by atoms with Gasteiger partial charge in [0.2, 0.25) is 0 Å². The van der Waals surface area contributed by atoms with Crippen LogP contribution in [0.15, 0.2) is 0 Å². The fourth-order valence-electron chi connectivity index (χ4n) is 0.428. The van der Waals surface area contributed by atoms with E-state index in [2.05, 4.69) is 25.7 Å². The van der Waals surface area contributed by atoms with Crippen LogP contribution in [0.4, 0.5) is 0 Å². The second-order valence-corrected chi connectivity index (χ2v) is 1.43. The Morgan fingerprint density at radius 2 is 1.62 bits per heavy atom. The molecule has 0 aromatic rings. The minimum atomic E-state index is 0. The van der Waals surface area contributed by atoms with E-state index in [0.29, 0.717) is 0 Å². The molecule has 0 N–H and O–H groups in total. The van der Waals surface area contributed by atoms with Gasteiger partial charge in [0.05, 0.1) is 0 Å². The maximum atomic E-state index is 3.71. The molecular weight excluding hydrogens is 175 g/mol. The minimum Gasteiger partial charge on any atom is -0.363 e. The van der Waals surface area contributed by atoms with Crippen LogP contribution >= 0.6 is 0 Å². The maximum absolute atomic E-state index is 3.71. The normalized spacial score (nSPS) is 9.00. The van der Waals surface area contributed by atoms with Crippen LogP contribution in [0, 0.1) is 13.8 Å². The van der Waals surface area contributed by atoms with Gasteiger partial charge in [0.25, 0.3) is 0 Å². The second kappa shape index (κ2) is 8.06. The van der Waals surface area contributed by atoms with Crippen molar-refractivity contribution in [3.63, 3.8) is 0 Å². The molecule has 47 valence electrons. The number of hydrogen-bond donors (Lipinski definition) is 0. The molecule has 0 aromatic carbocycles. The van der Waals surface area contributed by atoms with Gasteiger partial charge in [0, 0.05) is 32.7 Å². The first-order chi connectivity index (χ1) is 3.35. The van der Waals surface area contributed by atoms with Crippen molar-refractivity contribution in [1.29, 1.82) is 0 Å². The minimum absolute atomic E-state index is 0. The Kier molecular flexibility index (Phi) is 11.9. The first kappa shape index (κ1) is 11.8. The van der Waals surface area contributed by atoms with E-state index in [4.69, 9.17) is 0 Å². The van der Waals surface area contributed by atoms with E-state index in [1.807, 2.05) is 0 Å². The first-order valence-corrected chi connectivity index (χ1v) is 2.66. The number of rotatable bonds is 3. The van der Waals surface area contributed by atoms with E-state index in [-0.39, 0.29) is 32.7 Å². The van der Waals surface area contributed by atoms with Crippen molar-refractivity contribution in [2.24, 2.45) is 0 Å². The van der Waals surface area contributed by atoms with Crippen LogP contribution < -0.4 is 0 Å². The molecule has 1 radical (unpaired) electrons. The zero-order valence-electron chi connectivity index (χ0n) is 5.56. The third-order valence-electron chi connectivity index (χ3n) is 1.08. The molecule has 0 aliphatic carbocycles. The predicted molar refractivity (Wildman–Crippen MR) is 32.8 cm³/mol. The fourth-order valence-corrected chi connectivity index (χ4v) is 0.428. The summed E-state index contributed by atoms with van der Waals surface area (Å²) >= 11 is 0. The molecule has 0 unspecified atom stereocenters. The summed E-state index contributed by atoms with van der Waals surface area (Å²) in [5.41, 5.74) is 0. The Morgan fingerprint density at radius 3 is 1.62 bits per heavy atom. The average molecular weight is 188 g/mol. The topological polar surface area (TPSA) is 3.24 Å². The predicted octanol–water partition coefficient (Wildman–Crippen LogP) is 0.974. The third kappa shape index (κ3) is 5.21. The maximum Gasteiger partial charge on any atom is 0 e. The third-order valence-corrected chi connectivity index (χ3v) is 1.08. The summed E-state index contributed by atoms with van der Waals surface area (Å²) in [5, 5.41) is 0. The van der Waals surface area contributed by atoms with Crippen LogP contribution in [0.25, 0.3) is 0 Å². The first-order valence-electron chi connectivity index (χ1n) is 2.66. The molecule has 0 saturated carbocycles. The molecule has 1 nitrogen and oxygen atoms in total. The molecule has 0 rings (SSSR count). The molecule has 0 amide bonds. The molecule has 2 heteroatoms. The quantitative estimate of drug-likeness (QED) is 0.596. The largest absolute Gasteiger partial charge is 0.363 e. The van der Waals surface area contributed by atoms with Crippen LogP contribution in [-0.4, -0.2) is 24.5 Å². The van der Waals surface area contributed by atoms with E-state index in [1.54, 1.807) is 0 Å². The van der Waals surface area contributed by atoms with Gasteiger partial charge in [0.15, 0.2) is 0 Å². The van der Waals surface area contributed by atoms with Gasteiger partial charge in [-0.05, 0) is 6.54 Å². The van der Waals surface area contributed by atoms with Crippen LogP contribution in [0.1, 0.15) is 6.92 Å². The van der Waals surface area contributed by atoms with Crippen molar-refractivity contribution in [3.05, 3.63) is 13.8 Å². The van der Waals surface area contributed by atoms with E-state index >= 15 is 0 Å². The van der Waals surface area contributed by atoms with Crippen LogP contribution in [0.5, 0.6) is 0 Å². The standard InChI is InChI=1S/C6H13N.Y/c1-4-7(5-2)6-3;/h1-2,4-6H2,3H3;/q-2;. The summed E-state index contributed by atoms with van der Waals surface area (Å²) in [5.74, 6) is 0. The summed E-state index contributed by atoms with van der Waals surface area (Å²) in [7, 11) is 0. The Morgan fingerprint density at radius 1 is 1.25 bits per heavy atom. The molecule has 0 atom stereocenters. The van der Waals surface area contributed by atoms with E-state index in [0.717, 1.165) is 19.6 Å². The SMILES string of the molecule is [CH2-]CN(C[CH2-])CC.[Y]. The zero-order valence-corrected chi connectivity index (χ0v) is 8.40. The van der Waals surface area contributed by atoms with Gasteiger partial charge in [-0.3, -0.25) is 0 Å². The molecule has 0 aliphatic heterocycles. The fraction of sp³-hybridized carbons (Fsp3) is 0.667. The molecule has 0 bridgehead atoms. The van der Waals surface area contributed by atoms with Crippen molar-refractivity contribution in [2.75, 3.05) is 19.6 Å². The van der Waals surface area contributed by atoms with Gasteiger partial charge in [0.1, 0.15) is 0 Å². The molecule has 0 aromatic heterocycles. The van der Waals surface area contributed by atoms with Crippen molar-refractivity contribution in [1.82, 2.24) is 4.90 Å².